The number of aryl methyl sites for hydroxylation is 2. The number of rotatable bonds is 6. The van der Waals surface area contributed by atoms with Gasteiger partial charge in [0.05, 0.1) is 0 Å². The van der Waals surface area contributed by atoms with Gasteiger partial charge in [-0.2, -0.15) is 0 Å². The lowest BCUT2D eigenvalue weighted by atomic mass is 9.87. The predicted octanol–water partition coefficient (Wildman–Crippen LogP) is 2.35. The third kappa shape index (κ3) is 4.04. The third-order valence-corrected chi connectivity index (χ3v) is 2.98. The van der Waals surface area contributed by atoms with Crippen LogP contribution in [0.15, 0.2) is 12.4 Å². The molecule has 0 saturated carbocycles. The Morgan fingerprint density at radius 3 is 2.67 bits per heavy atom. The Labute approximate surface area is 92.7 Å². The fourth-order valence-electron chi connectivity index (χ4n) is 1.63. The van der Waals surface area contributed by atoms with E-state index in [-0.39, 0.29) is 0 Å². The van der Waals surface area contributed by atoms with Gasteiger partial charge in [0.1, 0.15) is 5.82 Å². The minimum Gasteiger partial charge on any atom is -0.335 e. The maximum absolute atomic E-state index is 5.69. The summed E-state index contributed by atoms with van der Waals surface area (Å²) in [5, 5.41) is 0. The Hall–Kier alpha value is -0.830. The summed E-state index contributed by atoms with van der Waals surface area (Å²) in [5.41, 5.74) is 5.99. The number of unbranched alkanes of at least 4 members (excludes halogenated alkanes) is 1. The lowest BCUT2D eigenvalue weighted by Crippen LogP contribution is -2.23. The number of hydrogen-bond donors (Lipinski definition) is 1. The van der Waals surface area contributed by atoms with E-state index in [4.69, 9.17) is 5.73 Å². The van der Waals surface area contributed by atoms with Crippen LogP contribution in [0.4, 0.5) is 0 Å². The lowest BCUT2D eigenvalue weighted by molar-refractivity contribution is 0.328. The van der Waals surface area contributed by atoms with Gasteiger partial charge in [0.15, 0.2) is 0 Å². The van der Waals surface area contributed by atoms with Gasteiger partial charge in [-0.05, 0) is 31.7 Å². The van der Waals surface area contributed by atoms with Gasteiger partial charge < -0.3 is 10.3 Å². The second-order valence-electron chi connectivity index (χ2n) is 4.99. The Kier molecular flexibility index (Phi) is 4.33. The zero-order valence-corrected chi connectivity index (χ0v) is 10.2. The summed E-state index contributed by atoms with van der Waals surface area (Å²) in [4.78, 5) is 4.20. The molecular weight excluding hydrogens is 186 g/mol. The summed E-state index contributed by atoms with van der Waals surface area (Å²) in [6, 6.07) is 0. The smallest absolute Gasteiger partial charge is 0.105 e. The quantitative estimate of drug-likeness (QED) is 0.731. The maximum Gasteiger partial charge on any atom is 0.105 e. The minimum atomic E-state index is 0.296. The average Bonchev–Trinajstić information content (AvgIpc) is 2.59. The highest BCUT2D eigenvalue weighted by atomic mass is 15.0. The van der Waals surface area contributed by atoms with Crippen LogP contribution in [0.3, 0.4) is 0 Å². The molecule has 0 aliphatic rings. The number of aromatic nitrogens is 2. The maximum atomic E-state index is 5.69. The Balaban J connectivity index is 2.20. The van der Waals surface area contributed by atoms with Crippen LogP contribution < -0.4 is 5.73 Å². The van der Waals surface area contributed by atoms with E-state index >= 15 is 0 Å². The molecule has 0 amide bonds. The molecule has 0 radical (unpaired) electrons. The van der Waals surface area contributed by atoms with Crippen molar-refractivity contribution in [3.05, 3.63) is 18.2 Å². The molecule has 0 aromatic carbocycles. The second kappa shape index (κ2) is 5.31. The summed E-state index contributed by atoms with van der Waals surface area (Å²) >= 11 is 0. The largest absolute Gasteiger partial charge is 0.335 e. The fraction of sp³-hybridized carbons (Fsp3) is 0.750. The average molecular weight is 209 g/mol. The highest BCUT2D eigenvalue weighted by Crippen LogP contribution is 2.21. The first-order chi connectivity index (χ1) is 7.05. The van der Waals surface area contributed by atoms with Crippen molar-refractivity contribution in [3.63, 3.8) is 0 Å². The molecule has 1 aromatic rings. The zero-order valence-electron chi connectivity index (χ0n) is 10.2. The molecule has 1 aromatic heterocycles. The molecular formula is C12H23N3. The van der Waals surface area contributed by atoms with E-state index in [0.29, 0.717) is 5.41 Å². The second-order valence-corrected chi connectivity index (χ2v) is 4.99. The van der Waals surface area contributed by atoms with Gasteiger partial charge in [-0.15, -0.1) is 0 Å². The highest BCUT2D eigenvalue weighted by molar-refractivity contribution is 4.88. The van der Waals surface area contributed by atoms with Crippen molar-refractivity contribution in [1.82, 2.24) is 9.55 Å². The molecule has 15 heavy (non-hydrogen) atoms. The predicted molar refractivity (Wildman–Crippen MR) is 63.7 cm³/mol. The van der Waals surface area contributed by atoms with Gasteiger partial charge in [-0.3, -0.25) is 0 Å². The molecule has 0 atom stereocenters. The van der Waals surface area contributed by atoms with Gasteiger partial charge in [0.25, 0.3) is 0 Å². The molecule has 86 valence electrons. The van der Waals surface area contributed by atoms with Crippen molar-refractivity contribution in [2.45, 2.75) is 46.6 Å². The number of nitrogens with two attached hydrogens (primary N) is 1. The number of nitrogens with zero attached hydrogens (tertiary/aromatic N) is 2. The fourth-order valence-corrected chi connectivity index (χ4v) is 1.63. The number of imidazole rings is 1. The molecule has 0 saturated heterocycles. The van der Waals surface area contributed by atoms with E-state index in [0.717, 1.165) is 18.9 Å². The van der Waals surface area contributed by atoms with Crippen LogP contribution in [0.1, 0.15) is 38.9 Å². The first-order valence-electron chi connectivity index (χ1n) is 5.73. The van der Waals surface area contributed by atoms with E-state index in [9.17, 15) is 0 Å². The molecule has 2 N–H and O–H groups in total. The molecule has 3 nitrogen and oxygen atoms in total. The lowest BCUT2D eigenvalue weighted by Gasteiger charge is -2.21. The van der Waals surface area contributed by atoms with Crippen LogP contribution in [-0.2, 0) is 6.54 Å². The number of hydrogen-bond acceptors (Lipinski definition) is 2. The standard InChI is InChI=1S/C12H23N3/c1-11-14-7-9-15(11)8-5-4-6-12(2,3)10-13/h7,9H,4-6,8,10,13H2,1-3H3. The first kappa shape index (κ1) is 12.2. The van der Waals surface area contributed by atoms with Gasteiger partial charge in [0, 0.05) is 18.9 Å². The van der Waals surface area contributed by atoms with Crippen LogP contribution in [0.25, 0.3) is 0 Å². The molecule has 1 heterocycles. The monoisotopic (exact) mass is 209 g/mol. The normalized spacial score (nSPS) is 12.0. The molecule has 0 aliphatic carbocycles. The third-order valence-electron chi connectivity index (χ3n) is 2.98. The SMILES string of the molecule is Cc1nccn1CCCCC(C)(C)CN. The van der Waals surface area contributed by atoms with Crippen molar-refractivity contribution in [2.24, 2.45) is 11.1 Å². The minimum absolute atomic E-state index is 0.296. The van der Waals surface area contributed by atoms with Crippen molar-refractivity contribution in [2.75, 3.05) is 6.54 Å². The van der Waals surface area contributed by atoms with Gasteiger partial charge in [-0.1, -0.05) is 20.3 Å². The van der Waals surface area contributed by atoms with Crippen LogP contribution in [0, 0.1) is 12.3 Å². The van der Waals surface area contributed by atoms with Crippen LogP contribution >= 0.6 is 0 Å². The first-order valence-corrected chi connectivity index (χ1v) is 5.73. The molecule has 0 fully saturated rings. The zero-order chi connectivity index (χ0) is 11.3. The summed E-state index contributed by atoms with van der Waals surface area (Å²) < 4.78 is 2.20. The Morgan fingerprint density at radius 1 is 1.40 bits per heavy atom. The van der Waals surface area contributed by atoms with E-state index in [1.165, 1.54) is 19.3 Å². The van der Waals surface area contributed by atoms with Crippen molar-refractivity contribution >= 4 is 0 Å². The van der Waals surface area contributed by atoms with E-state index < -0.39 is 0 Å². The Bertz CT molecular complexity index is 289. The highest BCUT2D eigenvalue weighted by Gasteiger charge is 2.14. The van der Waals surface area contributed by atoms with Crippen molar-refractivity contribution in [1.29, 1.82) is 0 Å². The van der Waals surface area contributed by atoms with Crippen molar-refractivity contribution in [3.8, 4) is 0 Å². The van der Waals surface area contributed by atoms with Crippen LogP contribution in [-0.4, -0.2) is 16.1 Å². The molecule has 0 bridgehead atoms. The molecule has 0 aliphatic heterocycles. The summed E-state index contributed by atoms with van der Waals surface area (Å²) in [6.07, 6.45) is 7.56. The summed E-state index contributed by atoms with van der Waals surface area (Å²) in [7, 11) is 0. The van der Waals surface area contributed by atoms with Crippen molar-refractivity contribution < 1.29 is 0 Å². The van der Waals surface area contributed by atoms with E-state index in [1.54, 1.807) is 0 Å². The Morgan fingerprint density at radius 2 is 2.13 bits per heavy atom. The molecule has 0 unspecified atom stereocenters. The van der Waals surface area contributed by atoms with Gasteiger partial charge in [0.2, 0.25) is 0 Å². The van der Waals surface area contributed by atoms with Crippen LogP contribution in [0.2, 0.25) is 0 Å². The topological polar surface area (TPSA) is 43.8 Å². The molecule has 0 spiro atoms. The molecule has 1 rings (SSSR count). The summed E-state index contributed by atoms with van der Waals surface area (Å²) in [6.45, 7) is 8.36. The van der Waals surface area contributed by atoms with Gasteiger partial charge in [-0.25, -0.2) is 4.98 Å². The van der Waals surface area contributed by atoms with Gasteiger partial charge >= 0.3 is 0 Å². The summed E-state index contributed by atoms with van der Waals surface area (Å²) in [5.74, 6) is 1.10. The van der Waals surface area contributed by atoms with Crippen LogP contribution in [0.5, 0.6) is 0 Å². The van der Waals surface area contributed by atoms with E-state index in [2.05, 4.69) is 23.4 Å². The van der Waals surface area contributed by atoms with E-state index in [1.807, 2.05) is 19.3 Å². The molecule has 3 heteroatoms.